The molecule has 1 fully saturated rings. The van der Waals surface area contributed by atoms with Crippen molar-refractivity contribution in [3.8, 4) is 17.3 Å². The number of benzene rings is 2. The molecule has 2 aromatic carbocycles. The summed E-state index contributed by atoms with van der Waals surface area (Å²) in [5.74, 6) is -0.645. The van der Waals surface area contributed by atoms with Gasteiger partial charge in [-0.2, -0.15) is 5.26 Å². The van der Waals surface area contributed by atoms with E-state index in [-0.39, 0.29) is 11.8 Å². The van der Waals surface area contributed by atoms with E-state index in [0.717, 1.165) is 48.1 Å². The highest BCUT2D eigenvalue weighted by atomic mass is 35.5. The second-order valence-electron chi connectivity index (χ2n) is 7.83. The number of hydrogen-bond donors (Lipinski definition) is 1. The number of hydrogen-bond acceptors (Lipinski definition) is 3. The van der Waals surface area contributed by atoms with Gasteiger partial charge in [0.25, 0.3) is 11.8 Å². The van der Waals surface area contributed by atoms with E-state index < -0.39 is 5.54 Å². The van der Waals surface area contributed by atoms with Gasteiger partial charge in [0, 0.05) is 23.2 Å². The zero-order valence-corrected chi connectivity index (χ0v) is 17.9. The molecule has 0 unspecified atom stereocenters. The lowest BCUT2D eigenvalue weighted by atomic mass is 9.82. The summed E-state index contributed by atoms with van der Waals surface area (Å²) in [7, 11) is 1.45. The fourth-order valence-corrected chi connectivity index (χ4v) is 4.30. The monoisotopic (exact) mass is 423 g/mol. The smallest absolute Gasteiger partial charge is 0.261 e. The molecule has 0 spiro atoms. The average molecular weight is 424 g/mol. The van der Waals surface area contributed by atoms with E-state index in [9.17, 15) is 14.9 Å². The van der Waals surface area contributed by atoms with Crippen LogP contribution in [0.3, 0.4) is 0 Å². The number of nitrogens with zero attached hydrogens (tertiary/aromatic N) is 2. The van der Waals surface area contributed by atoms with Crippen molar-refractivity contribution in [2.24, 2.45) is 0 Å². The maximum Gasteiger partial charge on any atom is 0.261 e. The van der Waals surface area contributed by atoms with Crippen LogP contribution in [0.2, 0.25) is 5.02 Å². The molecule has 0 radical (unpaired) electrons. The van der Waals surface area contributed by atoms with Crippen molar-refractivity contribution in [3.63, 3.8) is 0 Å². The van der Waals surface area contributed by atoms with E-state index in [1.807, 2.05) is 42.6 Å². The van der Waals surface area contributed by atoms with Crippen LogP contribution >= 0.6 is 11.6 Å². The molecule has 1 aliphatic rings. The van der Waals surface area contributed by atoms with Crippen LogP contribution in [-0.4, -0.2) is 29.3 Å². The summed E-state index contributed by atoms with van der Waals surface area (Å²) >= 11 is 6.27. The summed E-state index contributed by atoms with van der Waals surface area (Å²) in [5, 5.41) is 12.9. The molecule has 6 heteroatoms. The lowest BCUT2D eigenvalue weighted by Crippen LogP contribution is -2.58. The van der Waals surface area contributed by atoms with E-state index >= 15 is 0 Å². The highest BCUT2D eigenvalue weighted by Gasteiger charge is 2.41. The number of nitrogens with one attached hydrogen (secondary N) is 1. The second kappa shape index (κ2) is 9.77. The van der Waals surface area contributed by atoms with Crippen molar-refractivity contribution < 1.29 is 9.59 Å². The summed E-state index contributed by atoms with van der Waals surface area (Å²) in [6.45, 7) is 0. The van der Waals surface area contributed by atoms with Crippen molar-refractivity contribution in [3.05, 3.63) is 59.1 Å². The second-order valence-corrected chi connectivity index (χ2v) is 8.23. The average Bonchev–Trinajstić information content (AvgIpc) is 2.75. The lowest BCUT2D eigenvalue weighted by Gasteiger charge is -2.36. The first kappa shape index (κ1) is 21.9. The quantitative estimate of drug-likeness (QED) is 0.545. The van der Waals surface area contributed by atoms with Gasteiger partial charge in [0.2, 0.25) is 0 Å². The number of halogens is 1. The van der Waals surface area contributed by atoms with Crippen LogP contribution in [0.4, 0.5) is 0 Å². The highest BCUT2D eigenvalue weighted by molar-refractivity contribution is 6.33. The van der Waals surface area contributed by atoms with Crippen molar-refractivity contribution in [1.29, 1.82) is 5.26 Å². The Bertz CT molecular complexity index is 942. The van der Waals surface area contributed by atoms with Gasteiger partial charge in [0.05, 0.1) is 0 Å². The van der Waals surface area contributed by atoms with Crippen LogP contribution in [0.1, 0.15) is 55.3 Å². The third kappa shape index (κ3) is 4.83. The molecule has 1 aliphatic carbocycles. The molecular weight excluding hydrogens is 398 g/mol. The van der Waals surface area contributed by atoms with Crippen molar-refractivity contribution in [1.82, 2.24) is 10.2 Å². The Balaban J connectivity index is 1.84. The Hall–Kier alpha value is -2.84. The third-order valence-corrected chi connectivity index (χ3v) is 6.09. The van der Waals surface area contributed by atoms with Gasteiger partial charge in [-0.3, -0.25) is 14.5 Å². The summed E-state index contributed by atoms with van der Waals surface area (Å²) in [6, 6.07) is 14.7. The Morgan fingerprint density at radius 1 is 1.00 bits per heavy atom. The number of nitriles is 1. The maximum atomic E-state index is 13.1. The van der Waals surface area contributed by atoms with Gasteiger partial charge in [0.15, 0.2) is 6.19 Å². The molecule has 3 rings (SSSR count). The van der Waals surface area contributed by atoms with Gasteiger partial charge in [-0.1, -0.05) is 74.0 Å². The molecule has 0 saturated heterocycles. The molecule has 156 valence electrons. The number of rotatable bonds is 4. The molecule has 2 aromatic rings. The Labute approximate surface area is 182 Å². The number of amides is 2. The molecule has 2 amide bonds. The van der Waals surface area contributed by atoms with Gasteiger partial charge < -0.3 is 5.32 Å². The lowest BCUT2D eigenvalue weighted by molar-refractivity contribution is -0.134. The Morgan fingerprint density at radius 3 is 2.20 bits per heavy atom. The van der Waals surface area contributed by atoms with Crippen LogP contribution in [-0.2, 0) is 4.79 Å². The molecule has 0 atom stereocenters. The van der Waals surface area contributed by atoms with E-state index in [1.54, 1.807) is 12.1 Å². The summed E-state index contributed by atoms with van der Waals surface area (Å²) in [4.78, 5) is 27.1. The summed E-state index contributed by atoms with van der Waals surface area (Å²) in [5.41, 5.74) is 1.25. The SMILES string of the molecule is CN(C#N)C(=O)C1(NC(=O)c2ccc(-c3ccccc3Cl)cc2)CCCCCCC1. The van der Waals surface area contributed by atoms with Gasteiger partial charge in [-0.25, -0.2) is 0 Å². The molecule has 30 heavy (non-hydrogen) atoms. The number of likely N-dealkylation sites (N-methyl/N-ethyl adjacent to an activating group) is 1. The molecule has 0 bridgehead atoms. The number of carbonyl (C=O) groups excluding carboxylic acids is 2. The molecule has 0 aromatic heterocycles. The third-order valence-electron chi connectivity index (χ3n) is 5.76. The largest absolute Gasteiger partial charge is 0.338 e. The molecule has 0 aliphatic heterocycles. The van der Waals surface area contributed by atoms with Crippen LogP contribution in [0, 0.1) is 11.5 Å². The molecular formula is C24H26ClN3O2. The predicted octanol–water partition coefficient (Wildman–Crippen LogP) is 5.16. The zero-order valence-electron chi connectivity index (χ0n) is 17.2. The van der Waals surface area contributed by atoms with E-state index in [1.165, 1.54) is 7.05 Å². The van der Waals surface area contributed by atoms with Gasteiger partial charge >= 0.3 is 0 Å². The van der Waals surface area contributed by atoms with Crippen molar-refractivity contribution in [2.45, 2.75) is 50.5 Å². The van der Waals surface area contributed by atoms with Gasteiger partial charge in [-0.15, -0.1) is 0 Å². The first-order chi connectivity index (χ1) is 14.5. The first-order valence-electron chi connectivity index (χ1n) is 10.3. The minimum Gasteiger partial charge on any atom is -0.338 e. The van der Waals surface area contributed by atoms with E-state index in [0.29, 0.717) is 23.4 Å². The Morgan fingerprint density at radius 2 is 1.60 bits per heavy atom. The minimum atomic E-state index is -1.04. The maximum absolute atomic E-state index is 13.1. The molecule has 5 nitrogen and oxygen atoms in total. The summed E-state index contributed by atoms with van der Waals surface area (Å²) in [6.07, 6.45) is 7.84. The van der Waals surface area contributed by atoms with Crippen LogP contribution < -0.4 is 5.32 Å². The normalized spacial score (nSPS) is 15.9. The topological polar surface area (TPSA) is 73.2 Å². The fraction of sp³-hybridized carbons (Fsp3) is 0.375. The van der Waals surface area contributed by atoms with Crippen molar-refractivity contribution >= 4 is 23.4 Å². The number of carbonyl (C=O) groups is 2. The Kier molecular flexibility index (Phi) is 7.12. The molecule has 1 saturated carbocycles. The van der Waals surface area contributed by atoms with Crippen molar-refractivity contribution in [2.75, 3.05) is 7.05 Å². The van der Waals surface area contributed by atoms with Gasteiger partial charge in [0.1, 0.15) is 5.54 Å². The standard InChI is InChI=1S/C24H26ClN3O2/c1-28(17-26)23(30)24(15-7-3-2-4-8-16-24)27-22(29)19-13-11-18(12-14-19)20-9-5-6-10-21(20)25/h5-6,9-14H,2-4,7-8,15-16H2,1H3,(H,27,29). The zero-order chi connectivity index (χ0) is 21.6. The van der Waals surface area contributed by atoms with E-state index in [2.05, 4.69) is 5.32 Å². The predicted molar refractivity (Wildman–Crippen MR) is 118 cm³/mol. The molecule has 1 N–H and O–H groups in total. The minimum absolute atomic E-state index is 0.305. The highest BCUT2D eigenvalue weighted by Crippen LogP contribution is 2.30. The summed E-state index contributed by atoms with van der Waals surface area (Å²) < 4.78 is 0. The van der Waals surface area contributed by atoms with Crippen LogP contribution in [0.25, 0.3) is 11.1 Å². The van der Waals surface area contributed by atoms with E-state index in [4.69, 9.17) is 11.6 Å². The van der Waals surface area contributed by atoms with Crippen LogP contribution in [0.5, 0.6) is 0 Å². The fourth-order valence-electron chi connectivity index (χ4n) is 4.05. The van der Waals surface area contributed by atoms with Gasteiger partial charge in [-0.05, 0) is 36.6 Å². The first-order valence-corrected chi connectivity index (χ1v) is 10.7. The van der Waals surface area contributed by atoms with Crippen LogP contribution in [0.15, 0.2) is 48.5 Å². The molecule has 0 heterocycles.